The van der Waals surface area contributed by atoms with Gasteiger partial charge in [-0.05, 0) is 44.6 Å². The van der Waals surface area contributed by atoms with Crippen LogP contribution in [-0.4, -0.2) is 51.8 Å². The van der Waals surface area contributed by atoms with Crippen molar-refractivity contribution in [1.29, 1.82) is 0 Å². The first-order valence-corrected chi connectivity index (χ1v) is 9.11. The van der Waals surface area contributed by atoms with Gasteiger partial charge >= 0.3 is 6.18 Å². The first-order valence-electron chi connectivity index (χ1n) is 9.11. The number of halogens is 3. The van der Waals surface area contributed by atoms with Gasteiger partial charge in [0.2, 0.25) is 5.88 Å². The number of hydrogen-bond donors (Lipinski definition) is 1. The van der Waals surface area contributed by atoms with Crippen molar-refractivity contribution in [3.8, 4) is 17.3 Å². The summed E-state index contributed by atoms with van der Waals surface area (Å²) in [4.78, 5) is 10.5. The van der Waals surface area contributed by atoms with Crippen molar-refractivity contribution in [2.24, 2.45) is 5.92 Å². The van der Waals surface area contributed by atoms with E-state index in [2.05, 4.69) is 32.1 Å². The predicted octanol–water partition coefficient (Wildman–Crippen LogP) is 3.76. The summed E-state index contributed by atoms with van der Waals surface area (Å²) in [5, 5.41) is 7.11. The van der Waals surface area contributed by atoms with E-state index in [4.69, 9.17) is 4.74 Å². The molecule has 0 saturated carbocycles. The summed E-state index contributed by atoms with van der Waals surface area (Å²) in [5.41, 5.74) is -0.560. The van der Waals surface area contributed by atoms with Crippen LogP contribution in [0, 0.1) is 5.92 Å². The summed E-state index contributed by atoms with van der Waals surface area (Å²) in [6, 6.07) is 5.59. The highest BCUT2D eigenvalue weighted by Crippen LogP contribution is 2.38. The number of aromatic nitrogens is 4. The van der Waals surface area contributed by atoms with Crippen molar-refractivity contribution in [3.63, 3.8) is 0 Å². The fourth-order valence-corrected chi connectivity index (χ4v) is 3.58. The Hall–Kier alpha value is -2.68. The maximum absolute atomic E-state index is 13.6. The number of alkyl halides is 3. The number of hydrogen-bond acceptors (Lipinski definition) is 5. The van der Waals surface area contributed by atoms with Gasteiger partial charge in [0, 0.05) is 30.1 Å². The number of likely N-dealkylation sites (tertiary alicyclic amines) is 1. The van der Waals surface area contributed by atoms with Crippen LogP contribution in [0.3, 0.4) is 0 Å². The second-order valence-electron chi connectivity index (χ2n) is 7.10. The average molecular weight is 391 g/mol. The largest absolute Gasteiger partial charge is 0.477 e. The Kier molecular flexibility index (Phi) is 4.92. The van der Waals surface area contributed by atoms with Gasteiger partial charge in [0.15, 0.2) is 5.65 Å². The van der Waals surface area contributed by atoms with E-state index in [0.29, 0.717) is 23.6 Å². The van der Waals surface area contributed by atoms with Gasteiger partial charge in [-0.15, -0.1) is 0 Å². The molecule has 4 rings (SSSR count). The summed E-state index contributed by atoms with van der Waals surface area (Å²) >= 11 is 0. The molecule has 1 aliphatic rings. The molecule has 9 heteroatoms. The first-order chi connectivity index (χ1) is 13.4. The van der Waals surface area contributed by atoms with Crippen LogP contribution >= 0.6 is 0 Å². The first kappa shape index (κ1) is 18.7. The monoisotopic (exact) mass is 391 g/mol. The molecule has 0 amide bonds. The molecule has 4 heterocycles. The van der Waals surface area contributed by atoms with E-state index in [0.717, 1.165) is 32.0 Å². The van der Waals surface area contributed by atoms with Crippen LogP contribution in [0.25, 0.3) is 22.4 Å². The van der Waals surface area contributed by atoms with Gasteiger partial charge in [0.05, 0.1) is 17.9 Å². The third-order valence-corrected chi connectivity index (χ3v) is 4.93. The Morgan fingerprint density at radius 3 is 2.93 bits per heavy atom. The molecule has 3 aromatic rings. The van der Waals surface area contributed by atoms with E-state index in [9.17, 15) is 13.2 Å². The molecule has 1 saturated heterocycles. The van der Waals surface area contributed by atoms with Gasteiger partial charge < -0.3 is 9.64 Å². The molecule has 0 aliphatic carbocycles. The van der Waals surface area contributed by atoms with Crippen LogP contribution in [0.15, 0.2) is 30.5 Å². The Morgan fingerprint density at radius 2 is 2.14 bits per heavy atom. The van der Waals surface area contributed by atoms with E-state index in [1.54, 1.807) is 12.1 Å². The van der Waals surface area contributed by atoms with Crippen molar-refractivity contribution < 1.29 is 17.9 Å². The number of ether oxygens (including phenoxy) is 1. The van der Waals surface area contributed by atoms with E-state index in [-0.39, 0.29) is 17.3 Å². The van der Waals surface area contributed by atoms with Gasteiger partial charge in [-0.2, -0.15) is 18.3 Å². The van der Waals surface area contributed by atoms with Crippen molar-refractivity contribution in [1.82, 2.24) is 25.1 Å². The summed E-state index contributed by atoms with van der Waals surface area (Å²) in [7, 11) is 2.05. The number of piperidine rings is 1. The molecular formula is C19H20F3N5O. The van der Waals surface area contributed by atoms with Crippen LogP contribution in [0.4, 0.5) is 13.2 Å². The number of fused-ring (bicyclic) bond motifs is 1. The van der Waals surface area contributed by atoms with Gasteiger partial charge in [-0.1, -0.05) is 0 Å². The number of rotatable bonds is 4. The molecule has 6 nitrogen and oxygen atoms in total. The third kappa shape index (κ3) is 3.80. The second-order valence-corrected chi connectivity index (χ2v) is 7.10. The molecular weight excluding hydrogens is 371 g/mol. The highest BCUT2D eigenvalue weighted by molar-refractivity contribution is 5.90. The molecule has 1 unspecified atom stereocenters. The maximum atomic E-state index is 13.6. The SMILES string of the molecule is CN1CCCC(COc2ccc(C(F)(F)F)c(-c3[nH]nc4ncccc34)n2)C1. The lowest BCUT2D eigenvalue weighted by Gasteiger charge is -2.29. The Labute approximate surface area is 159 Å². The zero-order valence-electron chi connectivity index (χ0n) is 15.3. The average Bonchev–Trinajstić information content (AvgIpc) is 3.09. The molecule has 3 aromatic heterocycles. The zero-order valence-corrected chi connectivity index (χ0v) is 15.3. The number of nitrogens with one attached hydrogen (secondary N) is 1. The van der Waals surface area contributed by atoms with Gasteiger partial charge in [-0.3, -0.25) is 5.10 Å². The molecule has 0 bridgehead atoms. The van der Waals surface area contributed by atoms with Gasteiger partial charge in [0.1, 0.15) is 5.69 Å². The van der Waals surface area contributed by atoms with Crippen molar-refractivity contribution >= 4 is 11.0 Å². The van der Waals surface area contributed by atoms with Gasteiger partial charge in [0.25, 0.3) is 0 Å². The Morgan fingerprint density at radius 1 is 1.29 bits per heavy atom. The number of aromatic amines is 1. The predicted molar refractivity (Wildman–Crippen MR) is 97.8 cm³/mol. The summed E-state index contributed by atoms with van der Waals surface area (Å²) in [6.45, 7) is 2.39. The molecule has 1 atom stereocenters. The normalized spacial score (nSPS) is 18.5. The van der Waals surface area contributed by atoms with Crippen molar-refractivity contribution in [2.45, 2.75) is 19.0 Å². The lowest BCUT2D eigenvalue weighted by atomic mass is 10.00. The second kappa shape index (κ2) is 7.38. The lowest BCUT2D eigenvalue weighted by Crippen LogP contribution is -2.34. The Bertz CT molecular complexity index is 972. The number of H-pyrrole nitrogens is 1. The van der Waals surface area contributed by atoms with Crippen molar-refractivity contribution in [2.75, 3.05) is 26.7 Å². The van der Waals surface area contributed by atoms with Crippen LogP contribution < -0.4 is 4.74 Å². The third-order valence-electron chi connectivity index (χ3n) is 4.93. The molecule has 1 N–H and O–H groups in total. The van der Waals surface area contributed by atoms with E-state index < -0.39 is 11.7 Å². The topological polar surface area (TPSA) is 66.9 Å². The summed E-state index contributed by atoms with van der Waals surface area (Å²) in [5.74, 6) is 0.506. The standard InChI is InChI=1S/C19H20F3N5O/c1-27-9-3-4-12(10-27)11-28-15-7-6-14(19(20,21)22)17(24-15)16-13-5-2-8-23-18(13)26-25-16/h2,5-8,12H,3-4,9-11H2,1H3,(H,23,25,26). The molecule has 1 aliphatic heterocycles. The fraction of sp³-hybridized carbons (Fsp3) is 0.421. The highest BCUT2D eigenvalue weighted by atomic mass is 19.4. The minimum absolute atomic E-state index is 0.169. The van der Waals surface area contributed by atoms with E-state index in [1.807, 2.05) is 0 Å². The lowest BCUT2D eigenvalue weighted by molar-refractivity contribution is -0.137. The molecule has 148 valence electrons. The van der Waals surface area contributed by atoms with Crippen molar-refractivity contribution in [3.05, 3.63) is 36.0 Å². The quantitative estimate of drug-likeness (QED) is 0.734. The molecule has 0 aromatic carbocycles. The minimum atomic E-state index is -4.55. The van der Waals surface area contributed by atoms with Crippen LogP contribution in [-0.2, 0) is 6.18 Å². The molecule has 0 spiro atoms. The van der Waals surface area contributed by atoms with Gasteiger partial charge in [-0.25, -0.2) is 9.97 Å². The number of pyridine rings is 2. The Balaban J connectivity index is 1.66. The van der Waals surface area contributed by atoms with Crippen LogP contribution in [0.5, 0.6) is 5.88 Å². The van der Waals surface area contributed by atoms with Crippen LogP contribution in [0.2, 0.25) is 0 Å². The maximum Gasteiger partial charge on any atom is 0.418 e. The molecule has 28 heavy (non-hydrogen) atoms. The number of nitrogens with zero attached hydrogens (tertiary/aromatic N) is 4. The minimum Gasteiger partial charge on any atom is -0.477 e. The van der Waals surface area contributed by atoms with Crippen LogP contribution in [0.1, 0.15) is 18.4 Å². The summed E-state index contributed by atoms with van der Waals surface area (Å²) in [6.07, 6.45) is -0.892. The van der Waals surface area contributed by atoms with E-state index in [1.165, 1.54) is 12.3 Å². The zero-order chi connectivity index (χ0) is 19.7. The highest BCUT2D eigenvalue weighted by Gasteiger charge is 2.36. The summed E-state index contributed by atoms with van der Waals surface area (Å²) < 4.78 is 46.4. The van der Waals surface area contributed by atoms with E-state index >= 15 is 0 Å². The molecule has 0 radical (unpaired) electrons. The fourth-order valence-electron chi connectivity index (χ4n) is 3.58. The smallest absolute Gasteiger partial charge is 0.418 e. The molecule has 1 fully saturated rings.